The number of benzene rings is 2. The van der Waals surface area contributed by atoms with Crippen molar-refractivity contribution in [3.63, 3.8) is 0 Å². The standard InChI is InChI=1S/C27H33N3O/c31-27(28-20-23-12-8-17-29-16-7-6-13-24(23)29)15-18-30-25-14-5-4-11-22(25)19-26(30)21-9-2-1-3-10-21/h1-5,9-11,14,19,23-24H,6-8,12-13,15-18,20H2,(H,28,31)/t23-,24-/m1/s1. The fourth-order valence-corrected chi connectivity index (χ4v) is 5.66. The molecule has 4 heteroatoms. The van der Waals surface area contributed by atoms with Crippen molar-refractivity contribution in [2.75, 3.05) is 19.6 Å². The third kappa shape index (κ3) is 4.40. The average Bonchev–Trinajstić information content (AvgIpc) is 3.20. The summed E-state index contributed by atoms with van der Waals surface area (Å²) in [5.74, 6) is 0.787. The first-order chi connectivity index (χ1) is 15.3. The van der Waals surface area contributed by atoms with Crippen LogP contribution in [0, 0.1) is 5.92 Å². The molecule has 1 N–H and O–H groups in total. The van der Waals surface area contributed by atoms with Gasteiger partial charge in [0, 0.05) is 42.1 Å². The molecule has 2 aliphatic rings. The van der Waals surface area contributed by atoms with Gasteiger partial charge in [0.05, 0.1) is 0 Å². The molecule has 0 bridgehead atoms. The van der Waals surface area contributed by atoms with Crippen LogP contribution in [0.4, 0.5) is 0 Å². The van der Waals surface area contributed by atoms with Crippen molar-refractivity contribution in [1.82, 2.24) is 14.8 Å². The number of carbonyl (C=O) groups excluding carboxylic acids is 1. The molecule has 2 fully saturated rings. The Morgan fingerprint density at radius 3 is 2.65 bits per heavy atom. The van der Waals surface area contributed by atoms with Crippen molar-refractivity contribution in [2.45, 2.75) is 51.1 Å². The van der Waals surface area contributed by atoms with Crippen molar-refractivity contribution < 1.29 is 4.79 Å². The number of piperidine rings is 2. The van der Waals surface area contributed by atoms with E-state index in [0.717, 1.165) is 6.54 Å². The second-order valence-corrected chi connectivity index (χ2v) is 9.16. The minimum Gasteiger partial charge on any atom is -0.356 e. The molecule has 5 rings (SSSR count). The van der Waals surface area contributed by atoms with Gasteiger partial charge in [-0.1, -0.05) is 55.0 Å². The van der Waals surface area contributed by atoms with Gasteiger partial charge >= 0.3 is 0 Å². The van der Waals surface area contributed by atoms with Crippen LogP contribution < -0.4 is 5.32 Å². The molecule has 0 spiro atoms. The Morgan fingerprint density at radius 1 is 0.935 bits per heavy atom. The summed E-state index contributed by atoms with van der Waals surface area (Å²) in [6.45, 7) is 4.03. The second kappa shape index (κ2) is 9.27. The molecule has 1 aromatic heterocycles. The average molecular weight is 416 g/mol. The highest BCUT2D eigenvalue weighted by atomic mass is 16.1. The summed E-state index contributed by atoms with van der Waals surface area (Å²) in [5, 5.41) is 4.50. The number of amides is 1. The van der Waals surface area contributed by atoms with E-state index in [1.165, 1.54) is 67.4 Å². The van der Waals surface area contributed by atoms with Gasteiger partial charge < -0.3 is 14.8 Å². The number of nitrogens with zero attached hydrogens (tertiary/aromatic N) is 2. The Morgan fingerprint density at radius 2 is 1.74 bits per heavy atom. The minimum absolute atomic E-state index is 0.171. The van der Waals surface area contributed by atoms with Crippen molar-refractivity contribution >= 4 is 16.8 Å². The highest BCUT2D eigenvalue weighted by molar-refractivity contribution is 5.87. The molecule has 0 aliphatic carbocycles. The van der Waals surface area contributed by atoms with Crippen LogP contribution in [0.15, 0.2) is 60.7 Å². The summed E-state index contributed by atoms with van der Waals surface area (Å²) in [6, 6.07) is 21.8. The molecule has 1 amide bonds. The zero-order valence-electron chi connectivity index (χ0n) is 18.3. The summed E-state index contributed by atoms with van der Waals surface area (Å²) in [7, 11) is 0. The molecule has 4 nitrogen and oxygen atoms in total. The number of para-hydroxylation sites is 1. The van der Waals surface area contributed by atoms with Gasteiger partial charge in [0.15, 0.2) is 0 Å². The van der Waals surface area contributed by atoms with Crippen molar-refractivity contribution in [3.8, 4) is 11.3 Å². The predicted molar refractivity (Wildman–Crippen MR) is 127 cm³/mol. The van der Waals surface area contributed by atoms with Crippen molar-refractivity contribution in [3.05, 3.63) is 60.7 Å². The number of hydrogen-bond donors (Lipinski definition) is 1. The molecule has 3 heterocycles. The Balaban J connectivity index is 1.25. The van der Waals surface area contributed by atoms with E-state index in [1.54, 1.807) is 0 Å². The lowest BCUT2D eigenvalue weighted by atomic mass is 9.83. The quantitative estimate of drug-likeness (QED) is 0.610. The van der Waals surface area contributed by atoms with Gasteiger partial charge in [0.25, 0.3) is 0 Å². The van der Waals surface area contributed by atoms with E-state index in [4.69, 9.17) is 0 Å². The first-order valence-corrected chi connectivity index (χ1v) is 11.9. The van der Waals surface area contributed by atoms with Crippen LogP contribution in [0.5, 0.6) is 0 Å². The Hall–Kier alpha value is -2.59. The molecule has 162 valence electrons. The fourth-order valence-electron chi connectivity index (χ4n) is 5.66. The zero-order valence-corrected chi connectivity index (χ0v) is 18.3. The summed E-state index contributed by atoms with van der Waals surface area (Å²) >= 11 is 0. The van der Waals surface area contributed by atoms with Crippen LogP contribution in [-0.4, -0.2) is 41.1 Å². The topological polar surface area (TPSA) is 37.3 Å². The van der Waals surface area contributed by atoms with Crippen LogP contribution in [0.3, 0.4) is 0 Å². The van der Waals surface area contributed by atoms with Crippen molar-refractivity contribution in [2.24, 2.45) is 5.92 Å². The van der Waals surface area contributed by atoms with E-state index < -0.39 is 0 Å². The van der Waals surface area contributed by atoms with Crippen LogP contribution >= 0.6 is 0 Å². The predicted octanol–water partition coefficient (Wildman–Crippen LogP) is 5.08. The summed E-state index contributed by atoms with van der Waals surface area (Å²) in [6.07, 6.45) is 7.02. The first kappa shape index (κ1) is 20.3. The minimum atomic E-state index is 0.171. The fraction of sp³-hybridized carbons (Fsp3) is 0.444. The highest BCUT2D eigenvalue weighted by Crippen LogP contribution is 2.31. The molecule has 2 aromatic carbocycles. The normalized spacial score (nSPS) is 21.7. The molecule has 2 saturated heterocycles. The van der Waals surface area contributed by atoms with E-state index in [1.807, 2.05) is 6.07 Å². The van der Waals surface area contributed by atoms with Crippen LogP contribution in [0.1, 0.15) is 38.5 Å². The maximum absolute atomic E-state index is 12.8. The van der Waals surface area contributed by atoms with Gasteiger partial charge in [0.1, 0.15) is 0 Å². The lowest BCUT2D eigenvalue weighted by Crippen LogP contribution is -2.51. The van der Waals surface area contributed by atoms with Gasteiger partial charge in [-0.15, -0.1) is 0 Å². The third-order valence-electron chi connectivity index (χ3n) is 7.23. The molecule has 2 aliphatic heterocycles. The second-order valence-electron chi connectivity index (χ2n) is 9.16. The highest BCUT2D eigenvalue weighted by Gasteiger charge is 2.32. The maximum Gasteiger partial charge on any atom is 0.221 e. The molecular formula is C27H33N3O. The SMILES string of the molecule is O=C(CCn1c(-c2ccccc2)cc2ccccc21)NC[C@H]1CCCN2CCCC[C@H]12. The van der Waals surface area contributed by atoms with E-state index in [0.29, 0.717) is 24.9 Å². The third-order valence-corrected chi connectivity index (χ3v) is 7.23. The summed E-state index contributed by atoms with van der Waals surface area (Å²) in [4.78, 5) is 15.5. The number of carbonyl (C=O) groups is 1. The monoisotopic (exact) mass is 415 g/mol. The summed E-state index contributed by atoms with van der Waals surface area (Å²) in [5.41, 5.74) is 3.57. The smallest absolute Gasteiger partial charge is 0.221 e. The molecule has 0 radical (unpaired) electrons. The lowest BCUT2D eigenvalue weighted by Gasteiger charge is -2.44. The van der Waals surface area contributed by atoms with Gasteiger partial charge in [0.2, 0.25) is 5.91 Å². The lowest BCUT2D eigenvalue weighted by molar-refractivity contribution is -0.121. The van der Waals surface area contributed by atoms with E-state index >= 15 is 0 Å². The summed E-state index contributed by atoms with van der Waals surface area (Å²) < 4.78 is 2.30. The molecule has 3 aromatic rings. The van der Waals surface area contributed by atoms with E-state index in [2.05, 4.69) is 69.4 Å². The van der Waals surface area contributed by atoms with Crippen LogP contribution in [0.2, 0.25) is 0 Å². The first-order valence-electron chi connectivity index (χ1n) is 11.9. The zero-order chi connectivity index (χ0) is 21.0. The van der Waals surface area contributed by atoms with Crippen LogP contribution in [-0.2, 0) is 11.3 Å². The number of hydrogen-bond acceptors (Lipinski definition) is 2. The maximum atomic E-state index is 12.8. The van der Waals surface area contributed by atoms with Gasteiger partial charge in [-0.3, -0.25) is 4.79 Å². The Bertz CT molecular complexity index is 1020. The van der Waals surface area contributed by atoms with Crippen LogP contribution in [0.25, 0.3) is 22.2 Å². The Kier molecular flexibility index (Phi) is 6.08. The van der Waals surface area contributed by atoms with Gasteiger partial charge in [-0.05, 0) is 62.4 Å². The largest absolute Gasteiger partial charge is 0.356 e. The number of nitrogens with one attached hydrogen (secondary N) is 1. The number of aryl methyl sites for hydroxylation is 1. The molecule has 0 unspecified atom stereocenters. The Labute approximate surface area is 185 Å². The van der Waals surface area contributed by atoms with E-state index in [-0.39, 0.29) is 5.91 Å². The molecule has 0 saturated carbocycles. The van der Waals surface area contributed by atoms with Crippen molar-refractivity contribution in [1.29, 1.82) is 0 Å². The molecular weight excluding hydrogens is 382 g/mol. The molecule has 2 atom stereocenters. The van der Waals surface area contributed by atoms with E-state index in [9.17, 15) is 4.79 Å². The van der Waals surface area contributed by atoms with Gasteiger partial charge in [-0.2, -0.15) is 0 Å². The molecule has 31 heavy (non-hydrogen) atoms. The van der Waals surface area contributed by atoms with Gasteiger partial charge in [-0.25, -0.2) is 0 Å². The number of aromatic nitrogens is 1. The number of fused-ring (bicyclic) bond motifs is 2. The number of rotatable bonds is 6.